The molecule has 0 amide bonds. The fourth-order valence-electron chi connectivity index (χ4n) is 2.17. The maximum absolute atomic E-state index is 9.94. The SMILES string of the molecule is CC1(C)O[C@@H]2[C@H](O1)[C@@H](O)O[C@@H]2[C@](C)(O)CO. The Balaban J connectivity index is 2.19. The molecule has 6 nitrogen and oxygen atoms in total. The van der Waals surface area contributed by atoms with Crippen LogP contribution in [0.3, 0.4) is 0 Å². The van der Waals surface area contributed by atoms with Crippen LogP contribution in [0.4, 0.5) is 0 Å². The summed E-state index contributed by atoms with van der Waals surface area (Å²) in [5.41, 5.74) is -1.47. The van der Waals surface area contributed by atoms with E-state index in [4.69, 9.17) is 19.3 Å². The third kappa shape index (κ3) is 1.85. The van der Waals surface area contributed by atoms with Gasteiger partial charge >= 0.3 is 0 Å². The highest BCUT2D eigenvalue weighted by molar-refractivity contribution is 5.01. The molecule has 94 valence electrons. The molecule has 2 saturated heterocycles. The molecule has 0 aromatic rings. The summed E-state index contributed by atoms with van der Waals surface area (Å²) in [6.45, 7) is 4.41. The molecule has 0 aromatic carbocycles. The summed E-state index contributed by atoms with van der Waals surface area (Å²) in [5, 5.41) is 28.7. The molecule has 2 aliphatic rings. The quantitative estimate of drug-likeness (QED) is 0.566. The van der Waals surface area contributed by atoms with Gasteiger partial charge in [-0.25, -0.2) is 0 Å². The van der Waals surface area contributed by atoms with Gasteiger partial charge in [-0.3, -0.25) is 0 Å². The van der Waals surface area contributed by atoms with Crippen LogP contribution in [0, 0.1) is 0 Å². The number of hydrogen-bond acceptors (Lipinski definition) is 6. The van der Waals surface area contributed by atoms with E-state index in [1.807, 2.05) is 0 Å². The third-order valence-electron chi connectivity index (χ3n) is 2.96. The average Bonchev–Trinajstić information content (AvgIpc) is 2.62. The second-order valence-electron chi connectivity index (χ2n) is 5.03. The van der Waals surface area contributed by atoms with Gasteiger partial charge in [0.1, 0.15) is 23.9 Å². The van der Waals surface area contributed by atoms with Crippen molar-refractivity contribution in [2.75, 3.05) is 6.61 Å². The summed E-state index contributed by atoms with van der Waals surface area (Å²) >= 11 is 0. The van der Waals surface area contributed by atoms with E-state index >= 15 is 0 Å². The minimum atomic E-state index is -1.47. The molecular weight excluding hydrogens is 216 g/mol. The maximum Gasteiger partial charge on any atom is 0.184 e. The highest BCUT2D eigenvalue weighted by atomic mass is 16.8. The van der Waals surface area contributed by atoms with Crippen molar-refractivity contribution in [3.05, 3.63) is 0 Å². The fraction of sp³-hybridized carbons (Fsp3) is 1.00. The number of hydrogen-bond donors (Lipinski definition) is 3. The lowest BCUT2D eigenvalue weighted by molar-refractivity contribution is -0.244. The van der Waals surface area contributed by atoms with E-state index < -0.39 is 42.6 Å². The standard InChI is InChI=1S/C10H18O6/c1-9(2)15-5-6(16-9)8(12)14-7(5)10(3,13)4-11/h5-8,11-13H,4H2,1-3H3/t5-,6+,7+,8+,10-/m1/s1. The van der Waals surface area contributed by atoms with Crippen LogP contribution in [-0.2, 0) is 14.2 Å². The van der Waals surface area contributed by atoms with Gasteiger partial charge in [-0.15, -0.1) is 0 Å². The van der Waals surface area contributed by atoms with Crippen molar-refractivity contribution < 1.29 is 29.5 Å². The summed E-state index contributed by atoms with van der Waals surface area (Å²) in [4.78, 5) is 0. The van der Waals surface area contributed by atoms with Crippen molar-refractivity contribution in [3.63, 3.8) is 0 Å². The summed E-state index contributed by atoms with van der Waals surface area (Å²) in [6, 6.07) is 0. The Morgan fingerprint density at radius 1 is 1.25 bits per heavy atom. The van der Waals surface area contributed by atoms with E-state index in [1.165, 1.54) is 6.92 Å². The van der Waals surface area contributed by atoms with Crippen molar-refractivity contribution >= 4 is 0 Å². The first-order chi connectivity index (χ1) is 7.27. The summed E-state index contributed by atoms with van der Waals surface area (Å²) in [7, 11) is 0. The molecule has 0 saturated carbocycles. The van der Waals surface area contributed by atoms with E-state index in [2.05, 4.69) is 0 Å². The Bertz CT molecular complexity index is 276. The summed E-state index contributed by atoms with van der Waals surface area (Å²) in [5.74, 6) is -0.816. The first kappa shape index (κ1) is 12.2. The molecule has 2 aliphatic heterocycles. The van der Waals surface area contributed by atoms with Crippen LogP contribution < -0.4 is 0 Å². The third-order valence-corrected chi connectivity index (χ3v) is 2.96. The van der Waals surface area contributed by atoms with E-state index in [9.17, 15) is 10.2 Å². The van der Waals surface area contributed by atoms with Crippen molar-refractivity contribution in [2.24, 2.45) is 0 Å². The molecule has 0 aromatic heterocycles. The minimum Gasteiger partial charge on any atom is -0.393 e. The highest BCUT2D eigenvalue weighted by Crippen LogP contribution is 2.40. The largest absolute Gasteiger partial charge is 0.393 e. The molecule has 6 heteroatoms. The Hall–Kier alpha value is -0.240. The zero-order valence-electron chi connectivity index (χ0n) is 9.58. The molecule has 2 rings (SSSR count). The monoisotopic (exact) mass is 234 g/mol. The van der Waals surface area contributed by atoms with E-state index in [-0.39, 0.29) is 0 Å². The molecule has 0 bridgehead atoms. The molecular formula is C10H18O6. The van der Waals surface area contributed by atoms with E-state index in [0.717, 1.165) is 0 Å². The minimum absolute atomic E-state index is 0.475. The molecule has 0 unspecified atom stereocenters. The molecule has 0 aliphatic carbocycles. The number of rotatable bonds is 2. The van der Waals surface area contributed by atoms with Gasteiger partial charge in [0.25, 0.3) is 0 Å². The van der Waals surface area contributed by atoms with Crippen LogP contribution in [-0.4, -0.2) is 57.9 Å². The highest BCUT2D eigenvalue weighted by Gasteiger charge is 2.59. The van der Waals surface area contributed by atoms with Gasteiger partial charge in [0.2, 0.25) is 0 Å². The lowest BCUT2D eigenvalue weighted by atomic mass is 9.95. The Morgan fingerprint density at radius 2 is 1.81 bits per heavy atom. The van der Waals surface area contributed by atoms with Gasteiger partial charge < -0.3 is 29.5 Å². The number of aliphatic hydroxyl groups excluding tert-OH is 2. The van der Waals surface area contributed by atoms with Gasteiger partial charge in [-0.05, 0) is 20.8 Å². The normalized spacial score (nSPS) is 45.4. The van der Waals surface area contributed by atoms with Gasteiger partial charge in [0, 0.05) is 0 Å². The molecule has 0 radical (unpaired) electrons. The van der Waals surface area contributed by atoms with Crippen LogP contribution in [0.15, 0.2) is 0 Å². The predicted molar refractivity (Wildman–Crippen MR) is 52.4 cm³/mol. The maximum atomic E-state index is 9.94. The molecule has 2 heterocycles. The first-order valence-electron chi connectivity index (χ1n) is 5.29. The van der Waals surface area contributed by atoms with E-state index in [0.29, 0.717) is 0 Å². The van der Waals surface area contributed by atoms with Crippen LogP contribution in [0.2, 0.25) is 0 Å². The molecule has 3 N–H and O–H groups in total. The fourth-order valence-corrected chi connectivity index (χ4v) is 2.17. The zero-order chi connectivity index (χ0) is 12.1. The van der Waals surface area contributed by atoms with Crippen molar-refractivity contribution in [1.29, 1.82) is 0 Å². The van der Waals surface area contributed by atoms with Gasteiger partial charge in [0.15, 0.2) is 12.1 Å². The summed E-state index contributed by atoms with van der Waals surface area (Å²) in [6.07, 6.45) is -3.15. The summed E-state index contributed by atoms with van der Waals surface area (Å²) < 4.78 is 16.2. The molecule has 0 spiro atoms. The second kappa shape index (κ2) is 3.63. The van der Waals surface area contributed by atoms with E-state index in [1.54, 1.807) is 13.8 Å². The van der Waals surface area contributed by atoms with Crippen molar-refractivity contribution in [1.82, 2.24) is 0 Å². The van der Waals surface area contributed by atoms with Crippen LogP contribution in [0.1, 0.15) is 20.8 Å². The number of aliphatic hydroxyl groups is 3. The van der Waals surface area contributed by atoms with Crippen LogP contribution >= 0.6 is 0 Å². The van der Waals surface area contributed by atoms with Crippen LogP contribution in [0.5, 0.6) is 0 Å². The molecule has 16 heavy (non-hydrogen) atoms. The predicted octanol–water partition coefficient (Wildman–Crippen LogP) is -1.03. The van der Waals surface area contributed by atoms with Crippen LogP contribution in [0.25, 0.3) is 0 Å². The Labute approximate surface area is 93.7 Å². The lowest BCUT2D eigenvalue weighted by Gasteiger charge is -2.31. The Kier molecular flexibility index (Phi) is 2.77. The topological polar surface area (TPSA) is 88.4 Å². The van der Waals surface area contributed by atoms with Gasteiger partial charge in [-0.1, -0.05) is 0 Å². The number of fused-ring (bicyclic) bond motifs is 1. The lowest BCUT2D eigenvalue weighted by Crippen LogP contribution is -2.49. The first-order valence-corrected chi connectivity index (χ1v) is 5.29. The average molecular weight is 234 g/mol. The van der Waals surface area contributed by atoms with Gasteiger partial charge in [-0.2, -0.15) is 0 Å². The molecule has 5 atom stereocenters. The second-order valence-corrected chi connectivity index (χ2v) is 5.03. The zero-order valence-corrected chi connectivity index (χ0v) is 9.58. The number of ether oxygens (including phenoxy) is 3. The van der Waals surface area contributed by atoms with Gasteiger partial charge in [0.05, 0.1) is 6.61 Å². The van der Waals surface area contributed by atoms with Crippen molar-refractivity contribution in [3.8, 4) is 0 Å². The molecule has 2 fully saturated rings. The van der Waals surface area contributed by atoms with Crippen molar-refractivity contribution in [2.45, 2.75) is 56.8 Å². The smallest absolute Gasteiger partial charge is 0.184 e. The Morgan fingerprint density at radius 3 is 2.38 bits per heavy atom.